The first-order valence-electron chi connectivity index (χ1n) is 7.86. The summed E-state index contributed by atoms with van der Waals surface area (Å²) in [6.07, 6.45) is 0.468. The summed E-state index contributed by atoms with van der Waals surface area (Å²) in [6, 6.07) is 18.5. The van der Waals surface area contributed by atoms with Gasteiger partial charge in [-0.3, -0.25) is 4.79 Å². The largest absolute Gasteiger partial charge is 0.489 e. The van der Waals surface area contributed by atoms with E-state index in [1.165, 1.54) is 12.3 Å². The molecule has 1 amide bonds. The average Bonchev–Trinajstić information content (AvgIpc) is 3.20. The molecule has 128 valence electrons. The molecule has 0 aliphatic rings. The lowest BCUT2D eigenvalue weighted by molar-refractivity contribution is 0.0907. The van der Waals surface area contributed by atoms with E-state index in [9.17, 15) is 9.90 Å². The molecule has 0 unspecified atom stereocenters. The van der Waals surface area contributed by atoms with Crippen LogP contribution in [0.5, 0.6) is 5.75 Å². The minimum Gasteiger partial charge on any atom is -0.489 e. The van der Waals surface area contributed by atoms with Crippen LogP contribution >= 0.6 is 0 Å². The van der Waals surface area contributed by atoms with E-state index in [2.05, 4.69) is 15.0 Å². The smallest absolute Gasteiger partial charge is 0.273 e. The highest BCUT2D eigenvalue weighted by Gasteiger charge is 2.13. The predicted molar refractivity (Wildman–Crippen MR) is 91.0 cm³/mol. The van der Waals surface area contributed by atoms with Crippen LogP contribution in [0, 0.1) is 0 Å². The van der Waals surface area contributed by atoms with E-state index in [1.807, 2.05) is 36.4 Å². The summed E-state index contributed by atoms with van der Waals surface area (Å²) in [5, 5.41) is 16.4. The fourth-order valence-corrected chi connectivity index (χ4v) is 2.28. The first-order chi connectivity index (χ1) is 12.2. The third-order valence-electron chi connectivity index (χ3n) is 3.62. The van der Waals surface area contributed by atoms with Crippen LogP contribution in [0.15, 0.2) is 71.4 Å². The molecule has 25 heavy (non-hydrogen) atoms. The fraction of sp³-hybridized carbons (Fsp3) is 0.158. The van der Waals surface area contributed by atoms with Crippen molar-refractivity contribution >= 4 is 5.91 Å². The number of aliphatic hydroxyl groups is 1. The molecule has 0 saturated carbocycles. The predicted octanol–water partition coefficient (Wildman–Crippen LogP) is 2.72. The van der Waals surface area contributed by atoms with Crippen LogP contribution in [0.1, 0.15) is 27.7 Å². The number of amides is 1. The molecule has 0 aliphatic heterocycles. The maximum Gasteiger partial charge on any atom is 0.273 e. The van der Waals surface area contributed by atoms with Crippen LogP contribution in [0.4, 0.5) is 0 Å². The summed E-state index contributed by atoms with van der Waals surface area (Å²) < 4.78 is 10.4. The van der Waals surface area contributed by atoms with Gasteiger partial charge >= 0.3 is 0 Å². The number of carbonyl (C=O) groups is 1. The van der Waals surface area contributed by atoms with Gasteiger partial charge in [0.05, 0.1) is 6.10 Å². The molecular formula is C19H18N2O4. The van der Waals surface area contributed by atoms with Crippen molar-refractivity contribution in [3.05, 3.63) is 83.7 Å². The third kappa shape index (κ3) is 4.68. The highest BCUT2D eigenvalue weighted by molar-refractivity contribution is 5.91. The van der Waals surface area contributed by atoms with Crippen LogP contribution in [0.2, 0.25) is 0 Å². The maximum atomic E-state index is 11.8. The first-order valence-corrected chi connectivity index (χ1v) is 7.86. The molecule has 3 rings (SSSR count). The Morgan fingerprint density at radius 2 is 2.00 bits per heavy atom. The number of aliphatic hydroxyl groups excluding tert-OH is 1. The second-order valence-corrected chi connectivity index (χ2v) is 5.46. The van der Waals surface area contributed by atoms with Crippen molar-refractivity contribution in [2.45, 2.75) is 12.7 Å². The van der Waals surface area contributed by atoms with E-state index in [4.69, 9.17) is 4.74 Å². The van der Waals surface area contributed by atoms with Gasteiger partial charge < -0.3 is 19.7 Å². The van der Waals surface area contributed by atoms with Gasteiger partial charge in [0.25, 0.3) is 5.91 Å². The molecule has 0 spiro atoms. The summed E-state index contributed by atoms with van der Waals surface area (Å²) in [6.45, 7) is 0.511. The Labute approximate surface area is 145 Å². The number of nitrogens with one attached hydrogen (secondary N) is 1. The number of hydrogen-bond acceptors (Lipinski definition) is 5. The summed E-state index contributed by atoms with van der Waals surface area (Å²) in [5.41, 5.74) is 1.89. The van der Waals surface area contributed by atoms with Crippen molar-refractivity contribution in [2.75, 3.05) is 6.54 Å². The Morgan fingerprint density at radius 1 is 1.16 bits per heavy atom. The standard InChI is InChI=1S/C19H18N2O4/c22-18(12-20-19(23)17-9-10-25-21-17)15-7-4-8-16(11-15)24-13-14-5-2-1-3-6-14/h1-11,18,22H,12-13H2,(H,20,23)/t18-/m0/s1. The van der Waals surface area contributed by atoms with Crippen molar-refractivity contribution in [2.24, 2.45) is 0 Å². The lowest BCUT2D eigenvalue weighted by atomic mass is 10.1. The average molecular weight is 338 g/mol. The van der Waals surface area contributed by atoms with Gasteiger partial charge in [0, 0.05) is 12.6 Å². The lowest BCUT2D eigenvalue weighted by Gasteiger charge is -2.13. The second kappa shape index (κ2) is 8.12. The van der Waals surface area contributed by atoms with Crippen molar-refractivity contribution in [1.29, 1.82) is 0 Å². The SMILES string of the molecule is O=C(NC[C@H](O)c1cccc(OCc2ccccc2)c1)c1ccon1. The number of rotatable bonds is 7. The Morgan fingerprint density at radius 3 is 2.76 bits per heavy atom. The molecule has 1 aromatic heterocycles. The van der Waals surface area contributed by atoms with E-state index in [0.717, 1.165) is 5.56 Å². The topological polar surface area (TPSA) is 84.6 Å². The molecule has 6 nitrogen and oxygen atoms in total. The summed E-state index contributed by atoms with van der Waals surface area (Å²) in [5.74, 6) is 0.257. The Kier molecular flexibility index (Phi) is 5.43. The zero-order valence-corrected chi connectivity index (χ0v) is 13.5. The Hall–Kier alpha value is -3.12. The van der Waals surface area contributed by atoms with Gasteiger partial charge in [0.1, 0.15) is 18.6 Å². The number of carbonyl (C=O) groups excluding carboxylic acids is 1. The normalized spacial score (nSPS) is 11.7. The molecule has 0 aliphatic carbocycles. The minimum absolute atomic E-state index is 0.0633. The molecule has 6 heteroatoms. The van der Waals surface area contributed by atoms with E-state index < -0.39 is 12.0 Å². The maximum absolute atomic E-state index is 11.8. The summed E-state index contributed by atoms with van der Waals surface area (Å²) in [7, 11) is 0. The van der Waals surface area contributed by atoms with Crippen molar-refractivity contribution in [3.8, 4) is 5.75 Å². The Balaban J connectivity index is 1.55. The first kappa shape index (κ1) is 16.7. The molecule has 2 N–H and O–H groups in total. The van der Waals surface area contributed by atoms with Gasteiger partial charge in [-0.2, -0.15) is 0 Å². The Bertz CT molecular complexity index is 803. The number of benzene rings is 2. The van der Waals surface area contributed by atoms with Gasteiger partial charge in [0.15, 0.2) is 5.69 Å². The van der Waals surface area contributed by atoms with E-state index in [-0.39, 0.29) is 12.2 Å². The van der Waals surface area contributed by atoms with Gasteiger partial charge in [0.2, 0.25) is 0 Å². The van der Waals surface area contributed by atoms with Gasteiger partial charge in [-0.05, 0) is 23.3 Å². The number of ether oxygens (including phenoxy) is 1. The number of nitrogens with zero attached hydrogens (tertiary/aromatic N) is 1. The van der Waals surface area contributed by atoms with Gasteiger partial charge in [-0.1, -0.05) is 47.6 Å². The van der Waals surface area contributed by atoms with Crippen LogP contribution < -0.4 is 10.1 Å². The molecule has 1 atom stereocenters. The van der Waals surface area contributed by atoms with Gasteiger partial charge in [-0.15, -0.1) is 0 Å². The van der Waals surface area contributed by atoms with E-state index >= 15 is 0 Å². The van der Waals surface area contributed by atoms with Crippen LogP contribution in [0.3, 0.4) is 0 Å². The molecule has 1 heterocycles. The van der Waals surface area contributed by atoms with Crippen LogP contribution in [-0.2, 0) is 6.61 Å². The summed E-state index contributed by atoms with van der Waals surface area (Å²) in [4.78, 5) is 11.8. The molecule has 0 bridgehead atoms. The molecule has 0 fully saturated rings. The van der Waals surface area contributed by atoms with E-state index in [0.29, 0.717) is 17.9 Å². The number of aromatic nitrogens is 1. The van der Waals surface area contributed by atoms with Crippen molar-refractivity contribution in [3.63, 3.8) is 0 Å². The molecule has 3 aromatic rings. The fourth-order valence-electron chi connectivity index (χ4n) is 2.28. The quantitative estimate of drug-likeness (QED) is 0.692. The number of hydrogen-bond donors (Lipinski definition) is 2. The highest BCUT2D eigenvalue weighted by Crippen LogP contribution is 2.20. The minimum atomic E-state index is -0.851. The van der Waals surface area contributed by atoms with Crippen LogP contribution in [-0.4, -0.2) is 22.7 Å². The van der Waals surface area contributed by atoms with Gasteiger partial charge in [-0.25, -0.2) is 0 Å². The highest BCUT2D eigenvalue weighted by atomic mass is 16.5. The lowest BCUT2D eigenvalue weighted by Crippen LogP contribution is -2.28. The van der Waals surface area contributed by atoms with Crippen molar-refractivity contribution < 1.29 is 19.2 Å². The zero-order valence-electron chi connectivity index (χ0n) is 13.5. The third-order valence-corrected chi connectivity index (χ3v) is 3.62. The molecule has 2 aromatic carbocycles. The van der Waals surface area contributed by atoms with Crippen molar-refractivity contribution in [1.82, 2.24) is 10.5 Å². The molecule has 0 saturated heterocycles. The second-order valence-electron chi connectivity index (χ2n) is 5.46. The van der Waals surface area contributed by atoms with E-state index in [1.54, 1.807) is 18.2 Å². The summed E-state index contributed by atoms with van der Waals surface area (Å²) >= 11 is 0. The monoisotopic (exact) mass is 338 g/mol. The molecule has 0 radical (unpaired) electrons. The van der Waals surface area contributed by atoms with Crippen LogP contribution in [0.25, 0.3) is 0 Å². The molecular weight excluding hydrogens is 320 g/mol. The zero-order chi connectivity index (χ0) is 17.5.